The van der Waals surface area contributed by atoms with Crippen LogP contribution in [0, 0.1) is 6.92 Å². The molecule has 0 amide bonds. The minimum absolute atomic E-state index is 0.461. The summed E-state index contributed by atoms with van der Waals surface area (Å²) in [6.07, 6.45) is 0. The molecule has 2 aromatic rings. The quantitative estimate of drug-likeness (QED) is 0.888. The highest BCUT2D eigenvalue weighted by molar-refractivity contribution is 5.39. The van der Waals surface area contributed by atoms with Crippen LogP contribution in [0.25, 0.3) is 0 Å². The van der Waals surface area contributed by atoms with Crippen LogP contribution in [0.5, 0.6) is 11.6 Å². The summed E-state index contributed by atoms with van der Waals surface area (Å²) >= 11 is 0. The average Bonchev–Trinajstić information content (AvgIpc) is 2.28. The summed E-state index contributed by atoms with van der Waals surface area (Å²) in [6, 6.07) is 11.4. The number of hydrogen-bond donors (Lipinski definition) is 1. The molecule has 0 aliphatic heterocycles. The van der Waals surface area contributed by atoms with Gasteiger partial charge in [-0.3, -0.25) is 0 Å². The Hall–Kier alpha value is -2.03. The molecule has 0 spiro atoms. The van der Waals surface area contributed by atoms with Crippen LogP contribution in [0.15, 0.2) is 36.4 Å². The van der Waals surface area contributed by atoms with Crippen molar-refractivity contribution < 1.29 is 4.74 Å². The Bertz CT molecular complexity index is 550. The summed E-state index contributed by atoms with van der Waals surface area (Å²) in [5, 5.41) is 0. The Morgan fingerprint density at radius 1 is 1.17 bits per heavy atom. The van der Waals surface area contributed by atoms with Gasteiger partial charge in [-0.05, 0) is 42.2 Å². The molecule has 0 saturated heterocycles. The molecule has 1 aromatic carbocycles. The number of nitrogens with two attached hydrogens (primary N) is 1. The predicted octanol–water partition coefficient (Wildman–Crippen LogP) is 3.89. The number of pyridine rings is 1. The number of hydrogen-bond acceptors (Lipinski definition) is 3. The minimum atomic E-state index is 0.461. The average molecular weight is 242 g/mol. The highest BCUT2D eigenvalue weighted by Gasteiger charge is 2.05. The zero-order chi connectivity index (χ0) is 13.1. The second-order valence-electron chi connectivity index (χ2n) is 4.68. The molecule has 2 N–H and O–H groups in total. The molecule has 0 radical (unpaired) electrons. The summed E-state index contributed by atoms with van der Waals surface area (Å²) < 4.78 is 5.68. The molecule has 1 aromatic heterocycles. The van der Waals surface area contributed by atoms with E-state index in [0.29, 0.717) is 17.6 Å². The molecule has 94 valence electrons. The van der Waals surface area contributed by atoms with Gasteiger partial charge in [0.25, 0.3) is 0 Å². The van der Waals surface area contributed by atoms with E-state index in [1.807, 2.05) is 18.2 Å². The van der Waals surface area contributed by atoms with E-state index in [1.54, 1.807) is 12.1 Å². The SMILES string of the molecule is Cc1cc(Oc2cccc(N)n2)ccc1C(C)C. The lowest BCUT2D eigenvalue weighted by Crippen LogP contribution is -1.95. The van der Waals surface area contributed by atoms with Crippen molar-refractivity contribution in [2.24, 2.45) is 0 Å². The first-order chi connectivity index (χ1) is 8.56. The lowest BCUT2D eigenvalue weighted by Gasteiger charge is -2.12. The molecule has 0 unspecified atom stereocenters. The van der Waals surface area contributed by atoms with E-state index in [4.69, 9.17) is 10.5 Å². The topological polar surface area (TPSA) is 48.1 Å². The van der Waals surface area contributed by atoms with Gasteiger partial charge >= 0.3 is 0 Å². The maximum Gasteiger partial charge on any atom is 0.221 e. The second-order valence-corrected chi connectivity index (χ2v) is 4.68. The fourth-order valence-electron chi connectivity index (χ4n) is 1.97. The van der Waals surface area contributed by atoms with Crippen LogP contribution in [-0.2, 0) is 0 Å². The smallest absolute Gasteiger partial charge is 0.221 e. The van der Waals surface area contributed by atoms with Gasteiger partial charge in [-0.15, -0.1) is 0 Å². The van der Waals surface area contributed by atoms with Gasteiger partial charge in [0.1, 0.15) is 11.6 Å². The van der Waals surface area contributed by atoms with E-state index < -0.39 is 0 Å². The third-order valence-electron chi connectivity index (χ3n) is 2.83. The molecular formula is C15H18N2O. The van der Waals surface area contributed by atoms with E-state index in [1.165, 1.54) is 11.1 Å². The first-order valence-electron chi connectivity index (χ1n) is 6.07. The Labute approximate surface area is 108 Å². The highest BCUT2D eigenvalue weighted by Crippen LogP contribution is 2.26. The number of aryl methyl sites for hydroxylation is 1. The second kappa shape index (κ2) is 5.08. The normalized spacial score (nSPS) is 10.7. The summed E-state index contributed by atoms with van der Waals surface area (Å²) in [5.41, 5.74) is 8.18. The molecular weight excluding hydrogens is 224 g/mol. The van der Waals surface area contributed by atoms with E-state index in [0.717, 1.165) is 5.75 Å². The third-order valence-corrected chi connectivity index (χ3v) is 2.83. The van der Waals surface area contributed by atoms with Gasteiger partial charge in [0.15, 0.2) is 0 Å². The molecule has 0 aliphatic rings. The zero-order valence-corrected chi connectivity index (χ0v) is 11.0. The Balaban J connectivity index is 2.23. The molecule has 2 rings (SSSR count). The maximum atomic E-state index is 5.68. The van der Waals surface area contributed by atoms with Gasteiger partial charge in [-0.25, -0.2) is 0 Å². The van der Waals surface area contributed by atoms with Gasteiger partial charge in [-0.2, -0.15) is 4.98 Å². The van der Waals surface area contributed by atoms with Crippen molar-refractivity contribution in [2.75, 3.05) is 5.73 Å². The number of nitrogens with zero attached hydrogens (tertiary/aromatic N) is 1. The van der Waals surface area contributed by atoms with E-state index in [2.05, 4.69) is 31.8 Å². The number of benzene rings is 1. The summed E-state index contributed by atoms with van der Waals surface area (Å²) in [4.78, 5) is 4.11. The van der Waals surface area contributed by atoms with Gasteiger partial charge in [0.2, 0.25) is 5.88 Å². The zero-order valence-electron chi connectivity index (χ0n) is 11.0. The molecule has 0 saturated carbocycles. The number of aromatic nitrogens is 1. The van der Waals surface area contributed by atoms with Crippen LogP contribution >= 0.6 is 0 Å². The summed E-state index contributed by atoms with van der Waals surface area (Å²) in [7, 11) is 0. The number of nitrogen functional groups attached to an aromatic ring is 1. The largest absolute Gasteiger partial charge is 0.439 e. The van der Waals surface area contributed by atoms with Crippen molar-refractivity contribution in [1.29, 1.82) is 0 Å². The van der Waals surface area contributed by atoms with Crippen LogP contribution in [0.4, 0.5) is 5.82 Å². The van der Waals surface area contributed by atoms with E-state index >= 15 is 0 Å². The van der Waals surface area contributed by atoms with Crippen molar-refractivity contribution in [1.82, 2.24) is 4.98 Å². The molecule has 18 heavy (non-hydrogen) atoms. The Morgan fingerprint density at radius 2 is 1.94 bits per heavy atom. The standard InChI is InChI=1S/C15H18N2O/c1-10(2)13-8-7-12(9-11(13)3)18-15-6-4-5-14(16)17-15/h4-10H,1-3H3,(H2,16,17). The van der Waals surface area contributed by atoms with Crippen molar-refractivity contribution in [3.8, 4) is 11.6 Å². The van der Waals surface area contributed by atoms with Crippen LogP contribution in [-0.4, -0.2) is 4.98 Å². The molecule has 3 nitrogen and oxygen atoms in total. The summed E-state index contributed by atoms with van der Waals surface area (Å²) in [6.45, 7) is 6.46. The van der Waals surface area contributed by atoms with Gasteiger partial charge in [0, 0.05) is 6.07 Å². The van der Waals surface area contributed by atoms with Crippen molar-refractivity contribution >= 4 is 5.82 Å². The first-order valence-corrected chi connectivity index (χ1v) is 6.07. The van der Waals surface area contributed by atoms with Crippen molar-refractivity contribution in [2.45, 2.75) is 26.7 Å². The van der Waals surface area contributed by atoms with Crippen LogP contribution < -0.4 is 10.5 Å². The van der Waals surface area contributed by atoms with Crippen LogP contribution in [0.1, 0.15) is 30.9 Å². The number of rotatable bonds is 3. The van der Waals surface area contributed by atoms with Crippen LogP contribution in [0.3, 0.4) is 0 Å². The minimum Gasteiger partial charge on any atom is -0.439 e. The van der Waals surface area contributed by atoms with Gasteiger partial charge in [-0.1, -0.05) is 26.0 Å². The number of anilines is 1. The Morgan fingerprint density at radius 3 is 2.56 bits per heavy atom. The monoisotopic (exact) mass is 242 g/mol. The summed E-state index contributed by atoms with van der Waals surface area (Å²) in [5.74, 6) is 2.29. The fourth-order valence-corrected chi connectivity index (χ4v) is 1.97. The van der Waals surface area contributed by atoms with Crippen LogP contribution in [0.2, 0.25) is 0 Å². The Kier molecular flexibility index (Phi) is 3.51. The fraction of sp³-hybridized carbons (Fsp3) is 0.267. The lowest BCUT2D eigenvalue weighted by atomic mass is 9.98. The van der Waals surface area contributed by atoms with Gasteiger partial charge in [0.05, 0.1) is 0 Å². The lowest BCUT2D eigenvalue weighted by molar-refractivity contribution is 0.463. The molecule has 1 heterocycles. The molecule has 0 bridgehead atoms. The van der Waals surface area contributed by atoms with Crippen molar-refractivity contribution in [3.05, 3.63) is 47.5 Å². The van der Waals surface area contributed by atoms with Crippen molar-refractivity contribution in [3.63, 3.8) is 0 Å². The maximum absolute atomic E-state index is 5.68. The molecule has 0 aliphatic carbocycles. The highest BCUT2D eigenvalue weighted by atomic mass is 16.5. The first kappa shape index (κ1) is 12.4. The van der Waals surface area contributed by atoms with E-state index in [9.17, 15) is 0 Å². The van der Waals surface area contributed by atoms with E-state index in [-0.39, 0.29) is 0 Å². The number of ether oxygens (including phenoxy) is 1. The predicted molar refractivity (Wildman–Crippen MR) is 74.0 cm³/mol. The third kappa shape index (κ3) is 2.80. The molecule has 0 fully saturated rings. The van der Waals surface area contributed by atoms with Gasteiger partial charge < -0.3 is 10.5 Å². The molecule has 0 atom stereocenters. The molecule has 3 heteroatoms.